The summed E-state index contributed by atoms with van der Waals surface area (Å²) >= 11 is 0. The van der Waals surface area contributed by atoms with Gasteiger partial charge in [0, 0.05) is 0 Å². The van der Waals surface area contributed by atoms with E-state index in [0.29, 0.717) is 24.7 Å². The van der Waals surface area contributed by atoms with Crippen molar-refractivity contribution in [2.75, 3.05) is 0 Å². The van der Waals surface area contributed by atoms with Crippen LogP contribution in [0.2, 0.25) is 0 Å². The summed E-state index contributed by atoms with van der Waals surface area (Å²) in [4.78, 5) is 0. The smallest absolute Gasteiger partial charge is 0.131 e. The summed E-state index contributed by atoms with van der Waals surface area (Å²) in [5.74, 6) is 3.73. The Labute approximate surface area is 141 Å². The maximum atomic E-state index is 13.6. The lowest BCUT2D eigenvalue weighted by Crippen LogP contribution is -2.33. The molecule has 0 aliphatic heterocycles. The van der Waals surface area contributed by atoms with E-state index in [-0.39, 0.29) is 0 Å². The Bertz CT molecular complexity index is 364. The van der Waals surface area contributed by atoms with Crippen LogP contribution < -0.4 is 0 Å². The number of halogens is 2. The molecule has 3 aliphatic rings. The van der Waals surface area contributed by atoms with E-state index in [1.165, 1.54) is 57.8 Å². The molecule has 0 saturated heterocycles. The molecule has 2 heteroatoms. The van der Waals surface area contributed by atoms with E-state index in [4.69, 9.17) is 0 Å². The molecule has 132 valence electrons. The summed E-state index contributed by atoms with van der Waals surface area (Å²) in [6, 6.07) is 0. The monoisotopic (exact) mass is 324 g/mol. The van der Waals surface area contributed by atoms with Crippen LogP contribution in [0.5, 0.6) is 0 Å². The number of hydrogen-bond donors (Lipinski definition) is 0. The second-order valence-electron chi connectivity index (χ2n) is 8.64. The van der Waals surface area contributed by atoms with E-state index < -0.39 is 12.3 Å². The van der Waals surface area contributed by atoms with Crippen molar-refractivity contribution in [3.8, 4) is 0 Å². The van der Waals surface area contributed by atoms with E-state index in [1.54, 1.807) is 0 Å². The highest BCUT2D eigenvalue weighted by Crippen LogP contribution is 2.44. The van der Waals surface area contributed by atoms with Crippen molar-refractivity contribution < 1.29 is 8.78 Å². The van der Waals surface area contributed by atoms with Gasteiger partial charge >= 0.3 is 0 Å². The summed E-state index contributed by atoms with van der Waals surface area (Å²) in [5, 5.41) is 0. The maximum Gasteiger partial charge on any atom is 0.131 e. The van der Waals surface area contributed by atoms with Crippen molar-refractivity contribution in [3.05, 3.63) is 12.7 Å². The molecule has 3 atom stereocenters. The van der Waals surface area contributed by atoms with Gasteiger partial charge in [-0.2, -0.15) is 0 Å². The number of hydrogen-bond acceptors (Lipinski definition) is 0. The fourth-order valence-corrected chi connectivity index (χ4v) is 5.56. The summed E-state index contributed by atoms with van der Waals surface area (Å²) in [6.07, 6.45) is 13.7. The molecule has 3 fully saturated rings. The van der Waals surface area contributed by atoms with Crippen LogP contribution >= 0.6 is 0 Å². The molecule has 0 amide bonds. The maximum absolute atomic E-state index is 13.6. The minimum absolute atomic E-state index is 0.457. The first-order chi connectivity index (χ1) is 11.2. The van der Waals surface area contributed by atoms with E-state index in [0.717, 1.165) is 24.2 Å². The molecule has 3 unspecified atom stereocenters. The minimum Gasteiger partial charge on any atom is -0.244 e. The highest BCUT2D eigenvalue weighted by molar-refractivity contribution is 4.88. The SMILES string of the molecule is C=CC1CCC(CC2CCC(C3CCC(F)C(F)C3)CC2)CC1. The van der Waals surface area contributed by atoms with Crippen molar-refractivity contribution in [2.24, 2.45) is 29.6 Å². The predicted molar refractivity (Wildman–Crippen MR) is 92.8 cm³/mol. The largest absolute Gasteiger partial charge is 0.244 e. The van der Waals surface area contributed by atoms with Crippen LogP contribution in [0.25, 0.3) is 0 Å². The van der Waals surface area contributed by atoms with Gasteiger partial charge in [0.2, 0.25) is 0 Å². The van der Waals surface area contributed by atoms with Crippen molar-refractivity contribution in [3.63, 3.8) is 0 Å². The normalized spacial score (nSPS) is 45.6. The van der Waals surface area contributed by atoms with E-state index >= 15 is 0 Å². The summed E-state index contributed by atoms with van der Waals surface area (Å²) in [7, 11) is 0. The van der Waals surface area contributed by atoms with Gasteiger partial charge in [-0.15, -0.1) is 6.58 Å². The molecule has 0 nitrogen and oxygen atoms in total. The fourth-order valence-electron chi connectivity index (χ4n) is 5.56. The molecule has 0 radical (unpaired) electrons. The molecule has 23 heavy (non-hydrogen) atoms. The molecule has 3 saturated carbocycles. The lowest BCUT2D eigenvalue weighted by atomic mass is 9.68. The van der Waals surface area contributed by atoms with E-state index in [2.05, 4.69) is 12.7 Å². The Morgan fingerprint density at radius 2 is 1.26 bits per heavy atom. The van der Waals surface area contributed by atoms with Gasteiger partial charge in [-0.05, 0) is 93.8 Å². The second-order valence-corrected chi connectivity index (χ2v) is 8.64. The van der Waals surface area contributed by atoms with Gasteiger partial charge in [0.1, 0.15) is 12.3 Å². The van der Waals surface area contributed by atoms with Crippen molar-refractivity contribution >= 4 is 0 Å². The third kappa shape index (κ3) is 4.57. The third-order valence-corrected chi connectivity index (χ3v) is 7.18. The van der Waals surface area contributed by atoms with Gasteiger partial charge < -0.3 is 0 Å². The van der Waals surface area contributed by atoms with Gasteiger partial charge in [0.25, 0.3) is 0 Å². The minimum atomic E-state index is -1.19. The van der Waals surface area contributed by atoms with Gasteiger partial charge in [-0.1, -0.05) is 18.9 Å². The number of rotatable bonds is 4. The first kappa shape index (κ1) is 17.4. The van der Waals surface area contributed by atoms with E-state index in [1.807, 2.05) is 0 Å². The molecule has 0 aromatic heterocycles. The van der Waals surface area contributed by atoms with Gasteiger partial charge in [-0.25, -0.2) is 8.78 Å². The van der Waals surface area contributed by atoms with Crippen LogP contribution in [-0.2, 0) is 0 Å². The van der Waals surface area contributed by atoms with Gasteiger partial charge in [0.15, 0.2) is 0 Å². The van der Waals surface area contributed by atoms with Crippen molar-refractivity contribution in [2.45, 2.75) is 89.4 Å². The first-order valence-electron chi connectivity index (χ1n) is 10.1. The average Bonchev–Trinajstić information content (AvgIpc) is 2.59. The highest BCUT2D eigenvalue weighted by atomic mass is 19.2. The zero-order valence-corrected chi connectivity index (χ0v) is 14.6. The molecule has 0 aromatic carbocycles. The molecule has 0 spiro atoms. The summed E-state index contributed by atoms with van der Waals surface area (Å²) < 4.78 is 27.0. The summed E-state index contributed by atoms with van der Waals surface area (Å²) in [6.45, 7) is 3.94. The molecule has 0 heterocycles. The molecule has 3 rings (SSSR count). The second kappa shape index (κ2) is 8.12. The zero-order valence-electron chi connectivity index (χ0n) is 14.6. The van der Waals surface area contributed by atoms with Crippen LogP contribution in [-0.4, -0.2) is 12.3 Å². The van der Waals surface area contributed by atoms with Crippen molar-refractivity contribution in [1.29, 1.82) is 0 Å². The average molecular weight is 324 g/mol. The Hall–Kier alpha value is -0.400. The molecule has 0 N–H and O–H groups in total. The summed E-state index contributed by atoms with van der Waals surface area (Å²) in [5.41, 5.74) is 0. The lowest BCUT2D eigenvalue weighted by molar-refractivity contribution is 0.0528. The van der Waals surface area contributed by atoms with Gasteiger partial charge in [0.05, 0.1) is 0 Å². The number of alkyl halides is 2. The molecular weight excluding hydrogens is 290 g/mol. The highest BCUT2D eigenvalue weighted by Gasteiger charge is 2.36. The predicted octanol–water partition coefficient (Wildman–Crippen LogP) is 6.65. The van der Waals surface area contributed by atoms with Crippen LogP contribution in [0, 0.1) is 29.6 Å². The van der Waals surface area contributed by atoms with Crippen LogP contribution in [0.15, 0.2) is 12.7 Å². The quantitative estimate of drug-likeness (QED) is 0.508. The molecule has 0 aromatic rings. The molecule has 0 bridgehead atoms. The standard InChI is InChI=1S/C21H34F2/c1-2-15-3-5-16(6-4-15)13-17-7-9-18(10-8-17)19-11-12-20(22)21(23)14-19/h2,15-21H,1,3-14H2. The lowest BCUT2D eigenvalue weighted by Gasteiger charge is -2.39. The third-order valence-electron chi connectivity index (χ3n) is 7.18. The Morgan fingerprint density at radius 3 is 1.83 bits per heavy atom. The Morgan fingerprint density at radius 1 is 0.696 bits per heavy atom. The van der Waals surface area contributed by atoms with Crippen LogP contribution in [0.4, 0.5) is 8.78 Å². The van der Waals surface area contributed by atoms with E-state index in [9.17, 15) is 8.78 Å². The van der Waals surface area contributed by atoms with Crippen LogP contribution in [0.1, 0.15) is 77.0 Å². The molecule has 3 aliphatic carbocycles. The fraction of sp³-hybridized carbons (Fsp3) is 0.905. The zero-order chi connectivity index (χ0) is 16.2. The molecular formula is C21H34F2. The first-order valence-corrected chi connectivity index (χ1v) is 10.1. The Kier molecular flexibility index (Phi) is 6.15. The number of allylic oxidation sites excluding steroid dienone is 1. The van der Waals surface area contributed by atoms with Gasteiger partial charge in [-0.3, -0.25) is 0 Å². The van der Waals surface area contributed by atoms with Crippen molar-refractivity contribution in [1.82, 2.24) is 0 Å². The van der Waals surface area contributed by atoms with Crippen LogP contribution in [0.3, 0.4) is 0 Å². The Balaban J connectivity index is 1.38. The topological polar surface area (TPSA) is 0 Å².